The number of hydrogen-bond acceptors (Lipinski definition) is 3. The van der Waals surface area contributed by atoms with Gasteiger partial charge in [0.1, 0.15) is 0 Å². The number of aromatic nitrogens is 2. The highest BCUT2D eigenvalue weighted by atomic mass is 16.3. The molecule has 21 heavy (non-hydrogen) atoms. The molecule has 0 atom stereocenters. The third-order valence-corrected chi connectivity index (χ3v) is 3.51. The van der Waals surface area contributed by atoms with Crippen LogP contribution >= 0.6 is 0 Å². The molecular formula is C18H16N2O. The summed E-state index contributed by atoms with van der Waals surface area (Å²) in [6.45, 7) is 2.00. The van der Waals surface area contributed by atoms with E-state index in [4.69, 9.17) is 0 Å². The van der Waals surface area contributed by atoms with Crippen molar-refractivity contribution in [1.82, 2.24) is 9.97 Å². The highest BCUT2D eigenvalue weighted by Crippen LogP contribution is 2.34. The maximum atomic E-state index is 11.4. The monoisotopic (exact) mass is 276 g/mol. The SMILES string of the molecule is Cc1cccc(C(O)(c2ccccn2)c2ccccn2)c1. The molecule has 2 aromatic heterocycles. The van der Waals surface area contributed by atoms with Crippen LogP contribution in [0.15, 0.2) is 73.1 Å². The number of rotatable bonds is 3. The first-order chi connectivity index (χ1) is 10.2. The number of nitrogens with zero attached hydrogens (tertiary/aromatic N) is 2. The van der Waals surface area contributed by atoms with E-state index in [0.717, 1.165) is 11.1 Å². The van der Waals surface area contributed by atoms with Gasteiger partial charge in [0, 0.05) is 12.4 Å². The molecule has 2 heterocycles. The van der Waals surface area contributed by atoms with Gasteiger partial charge < -0.3 is 5.11 Å². The zero-order valence-corrected chi connectivity index (χ0v) is 11.8. The molecule has 3 aromatic rings. The average molecular weight is 276 g/mol. The zero-order valence-electron chi connectivity index (χ0n) is 11.8. The van der Waals surface area contributed by atoms with E-state index < -0.39 is 5.60 Å². The Morgan fingerprint density at radius 3 is 1.90 bits per heavy atom. The fourth-order valence-electron chi connectivity index (χ4n) is 2.45. The lowest BCUT2D eigenvalue weighted by atomic mass is 9.85. The molecule has 0 aliphatic carbocycles. The van der Waals surface area contributed by atoms with Crippen molar-refractivity contribution in [1.29, 1.82) is 0 Å². The fourth-order valence-corrected chi connectivity index (χ4v) is 2.45. The van der Waals surface area contributed by atoms with Gasteiger partial charge in [-0.25, -0.2) is 0 Å². The third kappa shape index (κ3) is 2.43. The second-order valence-corrected chi connectivity index (χ2v) is 5.01. The lowest BCUT2D eigenvalue weighted by Gasteiger charge is -2.28. The van der Waals surface area contributed by atoms with Crippen molar-refractivity contribution < 1.29 is 5.11 Å². The normalized spacial score (nSPS) is 11.3. The summed E-state index contributed by atoms with van der Waals surface area (Å²) in [6, 6.07) is 18.8. The van der Waals surface area contributed by atoms with Gasteiger partial charge in [0.05, 0.1) is 11.4 Å². The molecule has 0 aliphatic rings. The van der Waals surface area contributed by atoms with Crippen molar-refractivity contribution in [3.8, 4) is 0 Å². The van der Waals surface area contributed by atoms with Gasteiger partial charge in [-0.05, 0) is 36.8 Å². The summed E-state index contributed by atoms with van der Waals surface area (Å²) in [5.74, 6) is 0. The van der Waals surface area contributed by atoms with Crippen LogP contribution in [-0.2, 0) is 5.60 Å². The van der Waals surface area contributed by atoms with E-state index in [0.29, 0.717) is 11.4 Å². The zero-order chi connectivity index (χ0) is 14.7. The van der Waals surface area contributed by atoms with E-state index in [-0.39, 0.29) is 0 Å². The highest BCUT2D eigenvalue weighted by molar-refractivity contribution is 5.42. The van der Waals surface area contributed by atoms with Crippen LogP contribution in [0.25, 0.3) is 0 Å². The van der Waals surface area contributed by atoms with Crippen molar-refractivity contribution in [2.45, 2.75) is 12.5 Å². The second-order valence-electron chi connectivity index (χ2n) is 5.01. The minimum Gasteiger partial charge on any atom is -0.373 e. The number of pyridine rings is 2. The Hall–Kier alpha value is -2.52. The summed E-state index contributed by atoms with van der Waals surface area (Å²) >= 11 is 0. The summed E-state index contributed by atoms with van der Waals surface area (Å²) in [4.78, 5) is 8.69. The van der Waals surface area contributed by atoms with Crippen LogP contribution in [0.4, 0.5) is 0 Å². The molecule has 0 bridgehead atoms. The van der Waals surface area contributed by atoms with E-state index in [1.165, 1.54) is 0 Å². The number of benzene rings is 1. The first-order valence-corrected chi connectivity index (χ1v) is 6.84. The van der Waals surface area contributed by atoms with Gasteiger partial charge >= 0.3 is 0 Å². The quantitative estimate of drug-likeness (QED) is 0.799. The van der Waals surface area contributed by atoms with Crippen LogP contribution in [0.5, 0.6) is 0 Å². The van der Waals surface area contributed by atoms with E-state index in [2.05, 4.69) is 9.97 Å². The summed E-state index contributed by atoms with van der Waals surface area (Å²) in [6.07, 6.45) is 3.36. The van der Waals surface area contributed by atoms with Crippen molar-refractivity contribution in [3.05, 3.63) is 95.6 Å². The molecule has 0 unspecified atom stereocenters. The largest absolute Gasteiger partial charge is 0.373 e. The molecule has 3 nitrogen and oxygen atoms in total. The number of hydrogen-bond donors (Lipinski definition) is 1. The molecule has 0 radical (unpaired) electrons. The van der Waals surface area contributed by atoms with E-state index in [1.54, 1.807) is 12.4 Å². The number of aryl methyl sites for hydroxylation is 1. The minimum absolute atomic E-state index is 0.564. The summed E-state index contributed by atoms with van der Waals surface area (Å²) in [5.41, 5.74) is 1.62. The van der Waals surface area contributed by atoms with Crippen LogP contribution in [0, 0.1) is 6.92 Å². The van der Waals surface area contributed by atoms with Crippen molar-refractivity contribution in [2.75, 3.05) is 0 Å². The van der Waals surface area contributed by atoms with Gasteiger partial charge in [-0.1, -0.05) is 42.0 Å². The van der Waals surface area contributed by atoms with Crippen LogP contribution in [-0.4, -0.2) is 15.1 Å². The van der Waals surface area contributed by atoms with Crippen LogP contribution in [0.1, 0.15) is 22.5 Å². The first-order valence-electron chi connectivity index (χ1n) is 6.84. The molecule has 0 amide bonds. The Morgan fingerprint density at radius 1 is 0.810 bits per heavy atom. The van der Waals surface area contributed by atoms with Crippen LogP contribution in [0.2, 0.25) is 0 Å². The Labute approximate surface area is 124 Å². The molecule has 0 fully saturated rings. The standard InChI is InChI=1S/C18H16N2O/c1-14-7-6-8-15(13-14)18(21,16-9-2-4-11-19-16)17-10-3-5-12-20-17/h2-13,21H,1H3. The molecular weight excluding hydrogens is 260 g/mol. The van der Waals surface area contributed by atoms with E-state index in [1.807, 2.05) is 67.6 Å². The molecule has 0 saturated carbocycles. The summed E-state index contributed by atoms with van der Waals surface area (Å²) in [5, 5.41) is 11.4. The molecule has 0 aliphatic heterocycles. The lowest BCUT2D eigenvalue weighted by Crippen LogP contribution is -2.31. The van der Waals surface area contributed by atoms with Gasteiger partial charge in [0.25, 0.3) is 0 Å². The Bertz CT molecular complexity index is 687. The topological polar surface area (TPSA) is 46.0 Å². The van der Waals surface area contributed by atoms with Crippen LogP contribution < -0.4 is 0 Å². The van der Waals surface area contributed by atoms with Gasteiger partial charge in [-0.2, -0.15) is 0 Å². The minimum atomic E-state index is -1.35. The van der Waals surface area contributed by atoms with Gasteiger partial charge in [0.15, 0.2) is 5.60 Å². The van der Waals surface area contributed by atoms with E-state index >= 15 is 0 Å². The smallest absolute Gasteiger partial charge is 0.174 e. The van der Waals surface area contributed by atoms with Gasteiger partial charge in [0.2, 0.25) is 0 Å². The molecule has 3 rings (SSSR count). The van der Waals surface area contributed by atoms with E-state index in [9.17, 15) is 5.11 Å². The van der Waals surface area contributed by atoms with Gasteiger partial charge in [-0.15, -0.1) is 0 Å². The second kappa shape index (κ2) is 5.46. The Morgan fingerprint density at radius 2 is 1.43 bits per heavy atom. The maximum Gasteiger partial charge on any atom is 0.174 e. The Balaban J connectivity index is 2.25. The predicted octanol–water partition coefficient (Wildman–Crippen LogP) is 3.07. The van der Waals surface area contributed by atoms with Crippen LogP contribution in [0.3, 0.4) is 0 Å². The average Bonchev–Trinajstić information content (AvgIpc) is 2.56. The first kappa shape index (κ1) is 13.5. The fraction of sp³-hybridized carbons (Fsp3) is 0.111. The van der Waals surface area contributed by atoms with Crippen molar-refractivity contribution in [2.24, 2.45) is 0 Å². The summed E-state index contributed by atoms with van der Waals surface area (Å²) < 4.78 is 0. The lowest BCUT2D eigenvalue weighted by molar-refractivity contribution is 0.116. The maximum absolute atomic E-state index is 11.4. The summed E-state index contributed by atoms with van der Waals surface area (Å²) in [7, 11) is 0. The van der Waals surface area contributed by atoms with Crippen molar-refractivity contribution in [3.63, 3.8) is 0 Å². The Kier molecular flexibility index (Phi) is 3.50. The molecule has 1 aromatic carbocycles. The molecule has 104 valence electrons. The molecule has 0 spiro atoms. The number of aliphatic hydroxyl groups is 1. The molecule has 0 saturated heterocycles. The predicted molar refractivity (Wildman–Crippen MR) is 81.8 cm³/mol. The highest BCUT2D eigenvalue weighted by Gasteiger charge is 2.36. The third-order valence-electron chi connectivity index (χ3n) is 3.51. The van der Waals surface area contributed by atoms with Crippen molar-refractivity contribution >= 4 is 0 Å². The molecule has 3 heteroatoms. The molecule has 1 N–H and O–H groups in total. The van der Waals surface area contributed by atoms with Gasteiger partial charge in [-0.3, -0.25) is 9.97 Å².